The van der Waals surface area contributed by atoms with Gasteiger partial charge in [0.1, 0.15) is 5.69 Å². The van der Waals surface area contributed by atoms with E-state index in [9.17, 15) is 14.9 Å². The predicted octanol–water partition coefficient (Wildman–Crippen LogP) is 2.49. The second-order valence-electron chi connectivity index (χ2n) is 5.95. The fourth-order valence-electron chi connectivity index (χ4n) is 2.80. The first kappa shape index (κ1) is 20.1. The van der Waals surface area contributed by atoms with Gasteiger partial charge in [0.25, 0.3) is 5.69 Å². The molecule has 0 atom stereocenters. The van der Waals surface area contributed by atoms with Crippen molar-refractivity contribution in [1.29, 1.82) is 0 Å². The Morgan fingerprint density at radius 2 is 2.07 bits per heavy atom. The van der Waals surface area contributed by atoms with Gasteiger partial charge in [-0.1, -0.05) is 41.3 Å². The maximum absolute atomic E-state index is 12.5. The summed E-state index contributed by atoms with van der Waals surface area (Å²) in [5.41, 5.74) is 0.692. The van der Waals surface area contributed by atoms with E-state index in [2.05, 4.69) is 22.1 Å². The minimum absolute atomic E-state index is 0.0306. The molecule has 0 spiro atoms. The van der Waals surface area contributed by atoms with Crippen LogP contribution in [0.2, 0.25) is 0 Å². The third-order valence-electron chi connectivity index (χ3n) is 4.17. The molecule has 1 N–H and O–H groups in total. The lowest BCUT2D eigenvalue weighted by Crippen LogP contribution is -2.49. The molecular weight excluding hydrogens is 400 g/mol. The van der Waals surface area contributed by atoms with E-state index in [0.717, 1.165) is 4.34 Å². The van der Waals surface area contributed by atoms with Gasteiger partial charge >= 0.3 is 0 Å². The smallest absolute Gasteiger partial charge is 0.292 e. The van der Waals surface area contributed by atoms with Crippen LogP contribution in [0.15, 0.2) is 41.3 Å². The molecular formula is C17H20N6O3S2. The number of hydrogen-bond donors (Lipinski definition) is 1. The zero-order chi connectivity index (χ0) is 19.9. The average molecular weight is 421 g/mol. The molecule has 9 nitrogen and oxygen atoms in total. The number of rotatable bonds is 8. The first-order valence-electron chi connectivity index (χ1n) is 8.65. The number of nitro groups is 1. The van der Waals surface area contributed by atoms with Crippen LogP contribution in [0.4, 0.5) is 16.5 Å². The Morgan fingerprint density at radius 3 is 2.79 bits per heavy atom. The van der Waals surface area contributed by atoms with Crippen LogP contribution in [0.1, 0.15) is 0 Å². The van der Waals surface area contributed by atoms with Gasteiger partial charge < -0.3 is 15.1 Å². The molecule has 3 rings (SSSR count). The maximum atomic E-state index is 12.5. The van der Waals surface area contributed by atoms with E-state index in [4.69, 9.17) is 0 Å². The van der Waals surface area contributed by atoms with Crippen LogP contribution in [0.3, 0.4) is 0 Å². The van der Waals surface area contributed by atoms with Crippen molar-refractivity contribution >= 4 is 45.5 Å². The van der Waals surface area contributed by atoms with Crippen molar-refractivity contribution in [2.24, 2.45) is 0 Å². The maximum Gasteiger partial charge on any atom is 0.292 e. The van der Waals surface area contributed by atoms with Crippen LogP contribution in [-0.4, -0.2) is 64.4 Å². The summed E-state index contributed by atoms with van der Waals surface area (Å²) in [7, 11) is 0. The molecule has 148 valence electrons. The van der Waals surface area contributed by atoms with Crippen LogP contribution in [0, 0.1) is 10.1 Å². The van der Waals surface area contributed by atoms with E-state index >= 15 is 0 Å². The van der Waals surface area contributed by atoms with Crippen LogP contribution >= 0.6 is 23.1 Å². The Morgan fingerprint density at radius 1 is 1.32 bits per heavy atom. The fraction of sp³-hybridized carbons (Fsp3) is 0.353. The van der Waals surface area contributed by atoms with Crippen molar-refractivity contribution < 1.29 is 9.72 Å². The van der Waals surface area contributed by atoms with E-state index in [1.54, 1.807) is 29.2 Å². The number of amides is 1. The number of carbonyl (C=O) groups excluding carboxylic acids is 1. The zero-order valence-electron chi connectivity index (χ0n) is 15.1. The van der Waals surface area contributed by atoms with E-state index in [1.165, 1.54) is 29.2 Å². The van der Waals surface area contributed by atoms with E-state index < -0.39 is 0 Å². The molecule has 1 aliphatic heterocycles. The molecule has 2 aromatic rings. The highest BCUT2D eigenvalue weighted by molar-refractivity contribution is 8.01. The number of anilines is 2. The topological polar surface area (TPSA) is 104 Å². The van der Waals surface area contributed by atoms with Gasteiger partial charge in [-0.2, -0.15) is 0 Å². The van der Waals surface area contributed by atoms with E-state index in [0.29, 0.717) is 49.3 Å². The minimum atomic E-state index is -0.371. The molecule has 11 heteroatoms. The molecule has 0 saturated carbocycles. The molecule has 1 fully saturated rings. The number of para-hydroxylation sites is 2. The predicted molar refractivity (Wildman–Crippen MR) is 111 cm³/mol. The Labute approximate surface area is 170 Å². The lowest BCUT2D eigenvalue weighted by Gasteiger charge is -2.35. The monoisotopic (exact) mass is 420 g/mol. The average Bonchev–Trinajstić information content (AvgIpc) is 3.18. The SMILES string of the molecule is C=CCNc1nnc(SCC(=O)N2CCN(c3ccccc3[N+](=O)[O-])CC2)s1. The fourth-order valence-corrected chi connectivity index (χ4v) is 4.46. The van der Waals surface area contributed by atoms with Crippen molar-refractivity contribution in [1.82, 2.24) is 15.1 Å². The van der Waals surface area contributed by atoms with Crippen molar-refractivity contribution in [2.45, 2.75) is 4.34 Å². The van der Waals surface area contributed by atoms with E-state index in [1.807, 2.05) is 4.90 Å². The normalized spacial score (nSPS) is 14.0. The van der Waals surface area contributed by atoms with Crippen LogP contribution in [0.25, 0.3) is 0 Å². The molecule has 1 aromatic heterocycles. The number of carbonyl (C=O) groups is 1. The summed E-state index contributed by atoms with van der Waals surface area (Å²) in [5.74, 6) is 0.324. The summed E-state index contributed by atoms with van der Waals surface area (Å²) >= 11 is 2.77. The summed E-state index contributed by atoms with van der Waals surface area (Å²) in [4.78, 5) is 27.1. The van der Waals surface area contributed by atoms with Gasteiger partial charge in [0.15, 0.2) is 4.34 Å². The summed E-state index contributed by atoms with van der Waals surface area (Å²) in [5, 5.41) is 23.0. The van der Waals surface area contributed by atoms with Gasteiger partial charge in [0.05, 0.1) is 10.7 Å². The number of nitro benzene ring substituents is 1. The number of benzene rings is 1. The Balaban J connectivity index is 1.49. The lowest BCUT2D eigenvalue weighted by atomic mass is 10.2. The van der Waals surface area contributed by atoms with Gasteiger partial charge in [-0.15, -0.1) is 16.8 Å². The molecule has 1 saturated heterocycles. The van der Waals surface area contributed by atoms with Crippen LogP contribution in [0.5, 0.6) is 0 Å². The van der Waals surface area contributed by atoms with Crippen molar-refractivity contribution in [2.75, 3.05) is 48.7 Å². The summed E-state index contributed by atoms with van der Waals surface area (Å²) in [6, 6.07) is 6.70. The Kier molecular flexibility index (Phi) is 6.82. The quantitative estimate of drug-likeness (QED) is 0.301. The van der Waals surface area contributed by atoms with Gasteiger partial charge in [0, 0.05) is 38.8 Å². The number of nitrogens with zero attached hydrogens (tertiary/aromatic N) is 5. The third-order valence-corrected chi connectivity index (χ3v) is 6.17. The third kappa shape index (κ3) is 4.98. The Hall–Kier alpha value is -2.66. The van der Waals surface area contributed by atoms with Gasteiger partial charge in [-0.05, 0) is 6.07 Å². The highest BCUT2D eigenvalue weighted by atomic mass is 32.2. The molecule has 1 aromatic carbocycles. The van der Waals surface area contributed by atoms with Crippen molar-refractivity contribution in [3.8, 4) is 0 Å². The van der Waals surface area contributed by atoms with Crippen LogP contribution < -0.4 is 10.2 Å². The standard InChI is InChI=1S/C17H20N6O3S2/c1-2-7-18-16-19-20-17(28-16)27-12-15(24)22-10-8-21(9-11-22)13-5-3-4-6-14(13)23(25)26/h2-6H,1,7-12H2,(H,18,19). The number of nitrogens with one attached hydrogen (secondary N) is 1. The molecule has 0 bridgehead atoms. The van der Waals surface area contributed by atoms with Gasteiger partial charge in [-0.3, -0.25) is 14.9 Å². The number of thioether (sulfide) groups is 1. The summed E-state index contributed by atoms with van der Waals surface area (Å²) < 4.78 is 0.735. The highest BCUT2D eigenvalue weighted by Gasteiger charge is 2.25. The molecule has 2 heterocycles. The summed E-state index contributed by atoms with van der Waals surface area (Å²) in [6.07, 6.45) is 1.74. The number of piperazine rings is 1. The molecule has 1 amide bonds. The highest BCUT2D eigenvalue weighted by Crippen LogP contribution is 2.29. The van der Waals surface area contributed by atoms with Crippen molar-refractivity contribution in [3.05, 3.63) is 47.0 Å². The lowest BCUT2D eigenvalue weighted by molar-refractivity contribution is -0.384. The second kappa shape index (κ2) is 9.51. The van der Waals surface area contributed by atoms with Crippen LogP contribution in [-0.2, 0) is 4.79 Å². The number of hydrogen-bond acceptors (Lipinski definition) is 9. The molecule has 1 aliphatic rings. The second-order valence-corrected chi connectivity index (χ2v) is 8.15. The zero-order valence-corrected chi connectivity index (χ0v) is 16.7. The molecule has 0 aliphatic carbocycles. The summed E-state index contributed by atoms with van der Waals surface area (Å²) in [6.45, 7) is 6.45. The first-order valence-corrected chi connectivity index (χ1v) is 10.5. The van der Waals surface area contributed by atoms with Gasteiger partial charge in [0.2, 0.25) is 11.0 Å². The van der Waals surface area contributed by atoms with Gasteiger partial charge in [-0.25, -0.2) is 0 Å². The molecule has 0 unspecified atom stereocenters. The Bertz CT molecular complexity index is 851. The largest absolute Gasteiger partial charge is 0.362 e. The minimum Gasteiger partial charge on any atom is -0.362 e. The molecule has 0 radical (unpaired) electrons. The van der Waals surface area contributed by atoms with Crippen molar-refractivity contribution in [3.63, 3.8) is 0 Å². The molecule has 28 heavy (non-hydrogen) atoms. The first-order chi connectivity index (χ1) is 13.6. The van der Waals surface area contributed by atoms with E-state index in [-0.39, 0.29) is 16.5 Å². The number of aromatic nitrogens is 2.